The molecule has 1 aromatic carbocycles. The number of fused-ring (bicyclic) bond motifs is 3. The molecule has 0 heterocycles. The molecule has 0 radical (unpaired) electrons. The Hall–Kier alpha value is -1.02. The summed E-state index contributed by atoms with van der Waals surface area (Å²) >= 11 is 0. The van der Waals surface area contributed by atoms with Gasteiger partial charge in [-0.05, 0) is 41.5 Å². The van der Waals surface area contributed by atoms with Gasteiger partial charge in [0, 0.05) is 6.04 Å². The first-order valence-electron chi connectivity index (χ1n) is 4.74. The molecule has 0 unspecified atom stereocenters. The summed E-state index contributed by atoms with van der Waals surface area (Å²) in [5.74, 6) is 2.41. The van der Waals surface area contributed by atoms with Crippen molar-refractivity contribution in [1.29, 1.82) is 0 Å². The number of benzene rings is 1. The van der Waals surface area contributed by atoms with Crippen molar-refractivity contribution in [1.82, 2.24) is 0 Å². The molecule has 0 bridgehead atoms. The topological polar surface area (TPSA) is 35.2 Å². The van der Waals surface area contributed by atoms with Gasteiger partial charge in [-0.3, -0.25) is 0 Å². The van der Waals surface area contributed by atoms with Gasteiger partial charge < -0.3 is 10.5 Å². The summed E-state index contributed by atoms with van der Waals surface area (Å²) in [6.07, 6.45) is 1.29. The first-order chi connectivity index (χ1) is 6.31. The molecule has 0 saturated heterocycles. The molecule has 2 nitrogen and oxygen atoms in total. The lowest BCUT2D eigenvalue weighted by atomic mass is 10.0. The van der Waals surface area contributed by atoms with Crippen LogP contribution in [0, 0.1) is 5.92 Å². The van der Waals surface area contributed by atoms with Gasteiger partial charge >= 0.3 is 0 Å². The SMILES string of the molecule is COc1ccc2c(c1)[C@H](N)[C@@H]1C[C@H]21. The first kappa shape index (κ1) is 7.39. The summed E-state index contributed by atoms with van der Waals surface area (Å²) < 4.78 is 5.18. The summed E-state index contributed by atoms with van der Waals surface area (Å²) in [6.45, 7) is 0. The zero-order valence-electron chi connectivity index (χ0n) is 7.66. The van der Waals surface area contributed by atoms with E-state index in [9.17, 15) is 0 Å². The number of hydrogen-bond donors (Lipinski definition) is 1. The molecule has 0 spiro atoms. The van der Waals surface area contributed by atoms with Crippen molar-refractivity contribution in [3.8, 4) is 5.75 Å². The molecule has 1 fully saturated rings. The Balaban J connectivity index is 2.11. The number of nitrogens with two attached hydrogens (primary N) is 1. The average Bonchev–Trinajstić information content (AvgIpc) is 2.91. The Labute approximate surface area is 77.7 Å². The molecule has 13 heavy (non-hydrogen) atoms. The Morgan fingerprint density at radius 3 is 3.00 bits per heavy atom. The van der Waals surface area contributed by atoms with Gasteiger partial charge in [0.15, 0.2) is 0 Å². The van der Waals surface area contributed by atoms with E-state index in [1.54, 1.807) is 7.11 Å². The summed E-state index contributed by atoms with van der Waals surface area (Å²) in [7, 11) is 1.70. The Bertz CT molecular complexity index is 361. The van der Waals surface area contributed by atoms with Crippen LogP contribution in [-0.4, -0.2) is 7.11 Å². The molecule has 0 aromatic heterocycles. The van der Waals surface area contributed by atoms with Crippen LogP contribution in [0.5, 0.6) is 5.75 Å². The third kappa shape index (κ3) is 0.866. The van der Waals surface area contributed by atoms with Gasteiger partial charge in [-0.15, -0.1) is 0 Å². The van der Waals surface area contributed by atoms with Crippen LogP contribution in [0.15, 0.2) is 18.2 Å². The van der Waals surface area contributed by atoms with Crippen LogP contribution < -0.4 is 10.5 Å². The fourth-order valence-electron chi connectivity index (χ4n) is 2.51. The van der Waals surface area contributed by atoms with E-state index in [-0.39, 0.29) is 6.04 Å². The number of ether oxygens (including phenoxy) is 1. The van der Waals surface area contributed by atoms with Crippen LogP contribution in [-0.2, 0) is 0 Å². The van der Waals surface area contributed by atoms with E-state index in [1.807, 2.05) is 6.07 Å². The molecular weight excluding hydrogens is 162 g/mol. The Morgan fingerprint density at radius 2 is 2.23 bits per heavy atom. The molecule has 3 atom stereocenters. The fraction of sp³-hybridized carbons (Fsp3) is 0.455. The predicted molar refractivity (Wildman–Crippen MR) is 50.8 cm³/mol. The molecule has 0 amide bonds. The van der Waals surface area contributed by atoms with Gasteiger partial charge in [0.05, 0.1) is 7.11 Å². The Morgan fingerprint density at radius 1 is 1.38 bits per heavy atom. The normalized spacial score (nSPS) is 33.8. The van der Waals surface area contributed by atoms with Gasteiger partial charge in [-0.2, -0.15) is 0 Å². The number of methoxy groups -OCH3 is 1. The maximum atomic E-state index is 6.10. The highest BCUT2D eigenvalue weighted by Gasteiger charge is 2.50. The van der Waals surface area contributed by atoms with Crippen molar-refractivity contribution >= 4 is 0 Å². The lowest BCUT2D eigenvalue weighted by Gasteiger charge is -2.10. The van der Waals surface area contributed by atoms with E-state index < -0.39 is 0 Å². The van der Waals surface area contributed by atoms with E-state index >= 15 is 0 Å². The molecule has 2 aliphatic rings. The fourth-order valence-corrected chi connectivity index (χ4v) is 2.51. The molecule has 68 valence electrons. The number of hydrogen-bond acceptors (Lipinski definition) is 2. The highest BCUT2D eigenvalue weighted by atomic mass is 16.5. The summed E-state index contributed by atoms with van der Waals surface area (Å²) in [5, 5.41) is 0. The van der Waals surface area contributed by atoms with Gasteiger partial charge in [0.2, 0.25) is 0 Å². The molecule has 3 rings (SSSR count). The third-order valence-corrected chi connectivity index (χ3v) is 3.35. The van der Waals surface area contributed by atoms with Crippen molar-refractivity contribution in [2.75, 3.05) is 7.11 Å². The van der Waals surface area contributed by atoms with Crippen LogP contribution in [0.4, 0.5) is 0 Å². The maximum absolute atomic E-state index is 6.10. The molecule has 1 aromatic rings. The van der Waals surface area contributed by atoms with Crippen LogP contribution >= 0.6 is 0 Å². The van der Waals surface area contributed by atoms with Crippen molar-refractivity contribution in [3.63, 3.8) is 0 Å². The van der Waals surface area contributed by atoms with E-state index in [4.69, 9.17) is 10.5 Å². The summed E-state index contributed by atoms with van der Waals surface area (Å²) in [6, 6.07) is 6.56. The quantitative estimate of drug-likeness (QED) is 0.706. The smallest absolute Gasteiger partial charge is 0.119 e. The van der Waals surface area contributed by atoms with Crippen molar-refractivity contribution in [3.05, 3.63) is 29.3 Å². The standard InChI is InChI=1S/C11H13NO/c1-13-6-2-3-7-8-5-10(8)11(12)9(7)4-6/h2-4,8,10-11H,5,12H2,1H3/t8-,10-,11+/m1/s1. The Kier molecular flexibility index (Phi) is 1.29. The zero-order valence-corrected chi connectivity index (χ0v) is 7.66. The van der Waals surface area contributed by atoms with E-state index in [0.717, 1.165) is 17.6 Å². The lowest BCUT2D eigenvalue weighted by molar-refractivity contribution is 0.413. The second-order valence-electron chi connectivity index (χ2n) is 4.03. The highest BCUT2D eigenvalue weighted by molar-refractivity contribution is 5.48. The minimum Gasteiger partial charge on any atom is -0.497 e. The zero-order chi connectivity index (χ0) is 9.00. The lowest BCUT2D eigenvalue weighted by Crippen LogP contribution is -2.09. The molecular formula is C11H13NO. The van der Waals surface area contributed by atoms with E-state index in [2.05, 4.69) is 12.1 Å². The summed E-state index contributed by atoms with van der Waals surface area (Å²) in [4.78, 5) is 0. The van der Waals surface area contributed by atoms with Crippen LogP contribution in [0.3, 0.4) is 0 Å². The highest BCUT2D eigenvalue weighted by Crippen LogP contribution is 2.61. The van der Waals surface area contributed by atoms with Crippen LogP contribution in [0.25, 0.3) is 0 Å². The predicted octanol–water partition coefficient (Wildman–Crippen LogP) is 1.81. The maximum Gasteiger partial charge on any atom is 0.119 e. The summed E-state index contributed by atoms with van der Waals surface area (Å²) in [5.41, 5.74) is 8.86. The van der Waals surface area contributed by atoms with Crippen molar-refractivity contribution in [2.45, 2.75) is 18.4 Å². The minimum atomic E-state index is 0.259. The van der Waals surface area contributed by atoms with Crippen LogP contribution in [0.2, 0.25) is 0 Å². The van der Waals surface area contributed by atoms with Gasteiger partial charge in [0.25, 0.3) is 0 Å². The van der Waals surface area contributed by atoms with Crippen molar-refractivity contribution in [2.24, 2.45) is 11.7 Å². The van der Waals surface area contributed by atoms with Gasteiger partial charge in [0.1, 0.15) is 5.75 Å². The number of rotatable bonds is 1. The van der Waals surface area contributed by atoms with Gasteiger partial charge in [-0.25, -0.2) is 0 Å². The largest absolute Gasteiger partial charge is 0.497 e. The molecule has 2 N–H and O–H groups in total. The molecule has 1 saturated carbocycles. The van der Waals surface area contributed by atoms with E-state index in [1.165, 1.54) is 17.5 Å². The molecule has 0 aliphatic heterocycles. The average molecular weight is 175 g/mol. The second kappa shape index (κ2) is 2.26. The van der Waals surface area contributed by atoms with Crippen LogP contribution in [0.1, 0.15) is 29.5 Å². The monoisotopic (exact) mass is 175 g/mol. The molecule has 2 aliphatic carbocycles. The van der Waals surface area contributed by atoms with Gasteiger partial charge in [-0.1, -0.05) is 6.07 Å². The molecule has 2 heteroatoms. The first-order valence-corrected chi connectivity index (χ1v) is 4.74. The third-order valence-electron chi connectivity index (χ3n) is 3.35. The van der Waals surface area contributed by atoms with Crippen molar-refractivity contribution < 1.29 is 4.74 Å². The second-order valence-corrected chi connectivity index (χ2v) is 4.03. The minimum absolute atomic E-state index is 0.259. The van der Waals surface area contributed by atoms with E-state index in [0.29, 0.717) is 0 Å².